The SMILES string of the molecule is CC(C)c1nc(COC(=O)NC(C(=O)O)C(C)C)co1. The van der Waals surface area contributed by atoms with Crippen LogP contribution >= 0.6 is 0 Å². The van der Waals surface area contributed by atoms with Crippen LogP contribution in [0.5, 0.6) is 0 Å². The molecule has 0 spiro atoms. The Kier molecular flexibility index (Phi) is 5.54. The Morgan fingerprint density at radius 1 is 1.40 bits per heavy atom. The van der Waals surface area contributed by atoms with Crippen LogP contribution in [0.25, 0.3) is 0 Å². The maximum Gasteiger partial charge on any atom is 0.408 e. The van der Waals surface area contributed by atoms with Gasteiger partial charge in [-0.05, 0) is 5.92 Å². The molecule has 1 amide bonds. The fourth-order valence-electron chi connectivity index (χ4n) is 1.48. The molecule has 0 aliphatic rings. The van der Waals surface area contributed by atoms with Gasteiger partial charge in [0.25, 0.3) is 0 Å². The molecule has 0 fully saturated rings. The third-order valence-corrected chi connectivity index (χ3v) is 2.62. The van der Waals surface area contributed by atoms with Gasteiger partial charge in [-0.3, -0.25) is 0 Å². The van der Waals surface area contributed by atoms with E-state index in [1.165, 1.54) is 6.26 Å². The number of carbonyl (C=O) groups is 2. The molecule has 0 aliphatic carbocycles. The molecule has 0 radical (unpaired) electrons. The molecule has 112 valence electrons. The Morgan fingerprint density at radius 3 is 2.50 bits per heavy atom. The van der Waals surface area contributed by atoms with Crippen LogP contribution in [0.2, 0.25) is 0 Å². The largest absolute Gasteiger partial charge is 0.480 e. The molecule has 7 heteroatoms. The number of nitrogens with one attached hydrogen (secondary N) is 1. The summed E-state index contributed by atoms with van der Waals surface area (Å²) in [6.45, 7) is 7.20. The Balaban J connectivity index is 2.48. The first-order valence-electron chi connectivity index (χ1n) is 6.41. The first-order chi connectivity index (χ1) is 9.31. The maximum absolute atomic E-state index is 11.5. The van der Waals surface area contributed by atoms with Crippen molar-refractivity contribution in [2.24, 2.45) is 5.92 Å². The topological polar surface area (TPSA) is 102 Å². The number of oxazole rings is 1. The van der Waals surface area contributed by atoms with Gasteiger partial charge >= 0.3 is 12.1 Å². The third-order valence-electron chi connectivity index (χ3n) is 2.62. The summed E-state index contributed by atoms with van der Waals surface area (Å²) in [6, 6.07) is -0.981. The average Bonchev–Trinajstić information content (AvgIpc) is 2.81. The van der Waals surface area contributed by atoms with Crippen LogP contribution in [0, 0.1) is 5.92 Å². The predicted octanol–water partition coefficient (Wildman–Crippen LogP) is 2.13. The van der Waals surface area contributed by atoms with Gasteiger partial charge in [0.1, 0.15) is 24.6 Å². The summed E-state index contributed by atoms with van der Waals surface area (Å²) in [5.74, 6) is -0.621. The van der Waals surface area contributed by atoms with Crippen molar-refractivity contribution in [2.75, 3.05) is 0 Å². The van der Waals surface area contributed by atoms with Crippen molar-refractivity contribution in [3.05, 3.63) is 17.8 Å². The van der Waals surface area contributed by atoms with Crippen molar-refractivity contribution in [3.8, 4) is 0 Å². The molecule has 0 saturated carbocycles. The molecule has 1 unspecified atom stereocenters. The fourth-order valence-corrected chi connectivity index (χ4v) is 1.48. The van der Waals surface area contributed by atoms with E-state index in [4.69, 9.17) is 14.3 Å². The van der Waals surface area contributed by atoms with Gasteiger partial charge in [0.2, 0.25) is 0 Å². The molecule has 0 bridgehead atoms. The molecule has 0 saturated heterocycles. The van der Waals surface area contributed by atoms with Crippen molar-refractivity contribution in [1.29, 1.82) is 0 Å². The minimum atomic E-state index is -1.10. The lowest BCUT2D eigenvalue weighted by atomic mass is 10.1. The average molecular weight is 284 g/mol. The van der Waals surface area contributed by atoms with E-state index in [2.05, 4.69) is 10.3 Å². The number of aromatic nitrogens is 1. The van der Waals surface area contributed by atoms with Gasteiger partial charge in [0.15, 0.2) is 5.89 Å². The fraction of sp³-hybridized carbons (Fsp3) is 0.615. The van der Waals surface area contributed by atoms with E-state index in [9.17, 15) is 9.59 Å². The van der Waals surface area contributed by atoms with Crippen LogP contribution in [0.4, 0.5) is 4.79 Å². The molecule has 1 aromatic rings. The van der Waals surface area contributed by atoms with Crippen LogP contribution in [-0.2, 0) is 16.1 Å². The number of nitrogens with zero attached hydrogens (tertiary/aromatic N) is 1. The molecular weight excluding hydrogens is 264 g/mol. The molecule has 1 heterocycles. The summed E-state index contributed by atoms with van der Waals surface area (Å²) in [7, 11) is 0. The first kappa shape index (κ1) is 16.0. The van der Waals surface area contributed by atoms with Gasteiger partial charge in [-0.1, -0.05) is 27.7 Å². The van der Waals surface area contributed by atoms with Gasteiger partial charge in [-0.2, -0.15) is 0 Å². The lowest BCUT2D eigenvalue weighted by Crippen LogP contribution is -2.44. The summed E-state index contributed by atoms with van der Waals surface area (Å²) in [5.41, 5.74) is 0.486. The van der Waals surface area contributed by atoms with Crippen LogP contribution in [0.15, 0.2) is 10.7 Å². The molecule has 20 heavy (non-hydrogen) atoms. The highest BCUT2D eigenvalue weighted by Gasteiger charge is 2.24. The Morgan fingerprint density at radius 2 is 2.05 bits per heavy atom. The van der Waals surface area contributed by atoms with E-state index >= 15 is 0 Å². The molecular formula is C13H20N2O5. The number of amides is 1. The number of carboxylic acids is 1. The number of alkyl carbamates (subject to hydrolysis) is 1. The lowest BCUT2D eigenvalue weighted by molar-refractivity contribution is -0.140. The molecule has 1 aromatic heterocycles. The van der Waals surface area contributed by atoms with Gasteiger partial charge in [0, 0.05) is 5.92 Å². The van der Waals surface area contributed by atoms with E-state index in [1.807, 2.05) is 13.8 Å². The van der Waals surface area contributed by atoms with E-state index in [-0.39, 0.29) is 18.4 Å². The molecule has 0 aromatic carbocycles. The molecule has 1 atom stereocenters. The maximum atomic E-state index is 11.5. The zero-order chi connectivity index (χ0) is 15.3. The van der Waals surface area contributed by atoms with Crippen molar-refractivity contribution < 1.29 is 23.8 Å². The number of aliphatic carboxylic acids is 1. The number of ether oxygens (including phenoxy) is 1. The Labute approximate surface area is 117 Å². The second-order valence-electron chi connectivity index (χ2n) is 5.11. The summed E-state index contributed by atoms with van der Waals surface area (Å²) >= 11 is 0. The number of carboxylic acid groups (broad SMARTS) is 1. The van der Waals surface area contributed by atoms with Crippen molar-refractivity contribution in [3.63, 3.8) is 0 Å². The van der Waals surface area contributed by atoms with Crippen LogP contribution in [0.1, 0.15) is 45.2 Å². The van der Waals surface area contributed by atoms with Gasteiger partial charge in [-0.15, -0.1) is 0 Å². The van der Waals surface area contributed by atoms with Crippen molar-refractivity contribution >= 4 is 12.1 Å². The van der Waals surface area contributed by atoms with E-state index in [0.717, 1.165) is 0 Å². The standard InChI is InChI=1S/C13H20N2O5/c1-7(2)10(12(16)17)15-13(18)20-6-9-5-19-11(14-9)8(3)4/h5,7-8,10H,6H2,1-4H3,(H,15,18)(H,16,17). The summed E-state index contributed by atoms with van der Waals surface area (Å²) in [6.07, 6.45) is 0.625. The quantitative estimate of drug-likeness (QED) is 0.829. The van der Waals surface area contributed by atoms with Gasteiger partial charge in [0.05, 0.1) is 0 Å². The summed E-state index contributed by atoms with van der Waals surface area (Å²) in [5, 5.41) is 11.2. The summed E-state index contributed by atoms with van der Waals surface area (Å²) in [4.78, 5) is 26.6. The molecule has 1 rings (SSSR count). The number of hydrogen-bond donors (Lipinski definition) is 2. The van der Waals surface area contributed by atoms with E-state index in [1.54, 1.807) is 13.8 Å². The first-order valence-corrected chi connectivity index (χ1v) is 6.41. The molecule has 2 N–H and O–H groups in total. The zero-order valence-corrected chi connectivity index (χ0v) is 12.0. The monoisotopic (exact) mass is 284 g/mol. The normalized spacial score (nSPS) is 12.5. The predicted molar refractivity (Wildman–Crippen MR) is 70.2 cm³/mol. The van der Waals surface area contributed by atoms with Crippen molar-refractivity contribution in [2.45, 2.75) is 46.3 Å². The highest BCUT2D eigenvalue weighted by atomic mass is 16.5. The summed E-state index contributed by atoms with van der Waals surface area (Å²) < 4.78 is 10.1. The Hall–Kier alpha value is -2.05. The lowest BCUT2D eigenvalue weighted by Gasteiger charge is -2.17. The van der Waals surface area contributed by atoms with E-state index in [0.29, 0.717) is 11.6 Å². The molecule has 0 aliphatic heterocycles. The van der Waals surface area contributed by atoms with Crippen LogP contribution < -0.4 is 5.32 Å². The van der Waals surface area contributed by atoms with Gasteiger partial charge in [-0.25, -0.2) is 14.6 Å². The van der Waals surface area contributed by atoms with E-state index < -0.39 is 18.1 Å². The molecule has 7 nitrogen and oxygen atoms in total. The zero-order valence-electron chi connectivity index (χ0n) is 12.0. The highest BCUT2D eigenvalue weighted by Crippen LogP contribution is 2.13. The van der Waals surface area contributed by atoms with Gasteiger partial charge < -0.3 is 19.6 Å². The number of rotatable bonds is 6. The highest BCUT2D eigenvalue weighted by molar-refractivity contribution is 5.80. The van der Waals surface area contributed by atoms with Crippen LogP contribution in [0.3, 0.4) is 0 Å². The second kappa shape index (κ2) is 6.93. The number of carbonyl (C=O) groups excluding carboxylic acids is 1. The smallest absolute Gasteiger partial charge is 0.408 e. The number of hydrogen-bond acceptors (Lipinski definition) is 5. The Bertz CT molecular complexity index is 467. The second-order valence-corrected chi connectivity index (χ2v) is 5.11. The minimum Gasteiger partial charge on any atom is -0.480 e. The third kappa shape index (κ3) is 4.56. The van der Waals surface area contributed by atoms with Crippen molar-refractivity contribution in [1.82, 2.24) is 10.3 Å². The van der Waals surface area contributed by atoms with Crippen LogP contribution in [-0.4, -0.2) is 28.2 Å². The minimum absolute atomic E-state index is 0.0630.